The average Bonchev–Trinajstić information content (AvgIpc) is 2.56. The Bertz CT molecular complexity index is 452. The SMILES string of the molecule is CCN1CCN(Cc2ccc(C(=O)NCCCN)cc2)CC1. The molecule has 0 saturated carbocycles. The summed E-state index contributed by atoms with van der Waals surface area (Å²) < 4.78 is 0. The van der Waals surface area contributed by atoms with Crippen molar-refractivity contribution in [2.24, 2.45) is 5.73 Å². The van der Waals surface area contributed by atoms with Crippen molar-refractivity contribution in [3.05, 3.63) is 35.4 Å². The predicted molar refractivity (Wildman–Crippen MR) is 89.8 cm³/mol. The summed E-state index contributed by atoms with van der Waals surface area (Å²) in [5.74, 6) is -0.0171. The van der Waals surface area contributed by atoms with E-state index in [9.17, 15) is 4.79 Å². The Morgan fingerprint density at radius 1 is 1.14 bits per heavy atom. The van der Waals surface area contributed by atoms with Crippen LogP contribution in [0, 0.1) is 0 Å². The van der Waals surface area contributed by atoms with Crippen molar-refractivity contribution in [1.82, 2.24) is 15.1 Å². The number of nitrogens with one attached hydrogen (secondary N) is 1. The standard InChI is InChI=1S/C17H28N4O/c1-2-20-10-12-21(13-11-20)14-15-4-6-16(7-5-15)17(22)19-9-3-8-18/h4-7H,2-3,8-14,18H2,1H3,(H,19,22). The first-order valence-electron chi connectivity index (χ1n) is 8.25. The number of piperazine rings is 1. The minimum Gasteiger partial charge on any atom is -0.352 e. The minimum absolute atomic E-state index is 0.0171. The third-order valence-electron chi connectivity index (χ3n) is 4.20. The minimum atomic E-state index is -0.0171. The van der Waals surface area contributed by atoms with Gasteiger partial charge in [0.05, 0.1) is 0 Å². The van der Waals surface area contributed by atoms with E-state index < -0.39 is 0 Å². The van der Waals surface area contributed by atoms with Gasteiger partial charge < -0.3 is 16.0 Å². The molecule has 5 nitrogen and oxygen atoms in total. The second-order valence-electron chi connectivity index (χ2n) is 5.81. The van der Waals surface area contributed by atoms with Gasteiger partial charge in [0.15, 0.2) is 0 Å². The molecule has 3 N–H and O–H groups in total. The zero-order chi connectivity index (χ0) is 15.8. The highest BCUT2D eigenvalue weighted by molar-refractivity contribution is 5.94. The summed E-state index contributed by atoms with van der Waals surface area (Å²) in [6, 6.07) is 7.94. The molecule has 0 aliphatic carbocycles. The van der Waals surface area contributed by atoms with Crippen molar-refractivity contribution in [2.75, 3.05) is 45.8 Å². The van der Waals surface area contributed by atoms with Gasteiger partial charge in [-0.2, -0.15) is 0 Å². The molecule has 22 heavy (non-hydrogen) atoms. The highest BCUT2D eigenvalue weighted by atomic mass is 16.1. The van der Waals surface area contributed by atoms with E-state index >= 15 is 0 Å². The quantitative estimate of drug-likeness (QED) is 0.735. The monoisotopic (exact) mass is 304 g/mol. The maximum Gasteiger partial charge on any atom is 0.251 e. The molecule has 0 radical (unpaired) electrons. The summed E-state index contributed by atoms with van der Waals surface area (Å²) >= 11 is 0. The molecular formula is C17H28N4O. The fraction of sp³-hybridized carbons (Fsp3) is 0.588. The van der Waals surface area contributed by atoms with Crippen molar-refractivity contribution in [1.29, 1.82) is 0 Å². The number of benzene rings is 1. The number of nitrogens with zero attached hydrogens (tertiary/aromatic N) is 2. The zero-order valence-electron chi connectivity index (χ0n) is 13.6. The summed E-state index contributed by atoms with van der Waals surface area (Å²) in [6.45, 7) is 10.1. The molecule has 0 aromatic heterocycles. The van der Waals surface area contributed by atoms with Gasteiger partial charge in [-0.05, 0) is 37.2 Å². The van der Waals surface area contributed by atoms with Crippen LogP contribution in [0.2, 0.25) is 0 Å². The molecule has 1 saturated heterocycles. The normalized spacial score (nSPS) is 16.6. The Balaban J connectivity index is 1.80. The van der Waals surface area contributed by atoms with Crippen molar-refractivity contribution >= 4 is 5.91 Å². The third kappa shape index (κ3) is 5.09. The van der Waals surface area contributed by atoms with Crippen LogP contribution in [0.3, 0.4) is 0 Å². The topological polar surface area (TPSA) is 61.6 Å². The van der Waals surface area contributed by atoms with Gasteiger partial charge in [-0.25, -0.2) is 0 Å². The Kier molecular flexibility index (Phi) is 6.83. The van der Waals surface area contributed by atoms with Gasteiger partial charge in [-0.1, -0.05) is 19.1 Å². The second kappa shape index (κ2) is 8.88. The van der Waals surface area contributed by atoms with Crippen molar-refractivity contribution in [2.45, 2.75) is 19.9 Å². The lowest BCUT2D eigenvalue weighted by molar-refractivity contribution is 0.0953. The smallest absolute Gasteiger partial charge is 0.251 e. The molecule has 1 aliphatic rings. The number of amides is 1. The molecule has 1 aliphatic heterocycles. The molecular weight excluding hydrogens is 276 g/mol. The molecule has 5 heteroatoms. The first kappa shape index (κ1) is 16.9. The third-order valence-corrected chi connectivity index (χ3v) is 4.20. The maximum absolute atomic E-state index is 11.9. The number of nitrogens with two attached hydrogens (primary N) is 1. The molecule has 0 bridgehead atoms. The number of hydrogen-bond acceptors (Lipinski definition) is 4. The Labute approximate surface area is 133 Å². The maximum atomic E-state index is 11.9. The summed E-state index contributed by atoms with van der Waals surface area (Å²) in [6.07, 6.45) is 0.813. The fourth-order valence-corrected chi connectivity index (χ4v) is 2.69. The van der Waals surface area contributed by atoms with Gasteiger partial charge in [-0.15, -0.1) is 0 Å². The van der Waals surface area contributed by atoms with Gasteiger partial charge in [0.25, 0.3) is 5.91 Å². The Morgan fingerprint density at radius 3 is 2.36 bits per heavy atom. The fourth-order valence-electron chi connectivity index (χ4n) is 2.69. The molecule has 0 unspecified atom stereocenters. The summed E-state index contributed by atoms with van der Waals surface area (Å²) in [5, 5.41) is 2.88. The molecule has 2 rings (SSSR count). The van der Waals surface area contributed by atoms with E-state index in [4.69, 9.17) is 5.73 Å². The lowest BCUT2D eigenvalue weighted by Crippen LogP contribution is -2.45. The van der Waals surface area contributed by atoms with Crippen LogP contribution in [0.15, 0.2) is 24.3 Å². The van der Waals surface area contributed by atoms with Gasteiger partial charge >= 0.3 is 0 Å². The molecule has 1 heterocycles. The molecule has 1 aromatic carbocycles. The van der Waals surface area contributed by atoms with Crippen molar-refractivity contribution in [3.63, 3.8) is 0 Å². The van der Waals surface area contributed by atoms with Crippen LogP contribution in [0.1, 0.15) is 29.3 Å². The number of likely N-dealkylation sites (N-methyl/N-ethyl adjacent to an activating group) is 1. The average molecular weight is 304 g/mol. The van der Waals surface area contributed by atoms with E-state index in [0.717, 1.165) is 51.3 Å². The first-order chi connectivity index (χ1) is 10.7. The molecule has 122 valence electrons. The molecule has 1 fully saturated rings. The van der Waals surface area contributed by atoms with E-state index in [0.29, 0.717) is 13.1 Å². The van der Waals surface area contributed by atoms with Crippen LogP contribution in [-0.2, 0) is 6.54 Å². The van der Waals surface area contributed by atoms with E-state index in [2.05, 4.69) is 34.2 Å². The predicted octanol–water partition coefficient (Wildman–Crippen LogP) is 0.903. The number of hydrogen-bond donors (Lipinski definition) is 2. The Morgan fingerprint density at radius 2 is 1.77 bits per heavy atom. The Hall–Kier alpha value is -1.43. The van der Waals surface area contributed by atoms with E-state index in [1.165, 1.54) is 5.56 Å². The first-order valence-corrected chi connectivity index (χ1v) is 8.25. The van der Waals surface area contributed by atoms with Gasteiger partial charge in [0.2, 0.25) is 0 Å². The van der Waals surface area contributed by atoms with Crippen LogP contribution in [0.5, 0.6) is 0 Å². The van der Waals surface area contributed by atoms with Crippen molar-refractivity contribution in [3.8, 4) is 0 Å². The molecule has 1 aromatic rings. The van der Waals surface area contributed by atoms with Crippen LogP contribution in [0.4, 0.5) is 0 Å². The number of carbonyl (C=O) groups excluding carboxylic acids is 1. The largest absolute Gasteiger partial charge is 0.352 e. The van der Waals surface area contributed by atoms with Crippen LogP contribution in [-0.4, -0.2) is 61.5 Å². The number of rotatable bonds is 7. The van der Waals surface area contributed by atoms with Gasteiger partial charge in [0.1, 0.15) is 0 Å². The summed E-state index contributed by atoms with van der Waals surface area (Å²) in [5.41, 5.74) is 7.41. The number of carbonyl (C=O) groups is 1. The lowest BCUT2D eigenvalue weighted by Gasteiger charge is -2.34. The van der Waals surface area contributed by atoms with Crippen molar-refractivity contribution < 1.29 is 4.79 Å². The highest BCUT2D eigenvalue weighted by Gasteiger charge is 2.15. The summed E-state index contributed by atoms with van der Waals surface area (Å²) in [4.78, 5) is 16.9. The highest BCUT2D eigenvalue weighted by Crippen LogP contribution is 2.10. The second-order valence-corrected chi connectivity index (χ2v) is 5.81. The van der Waals surface area contributed by atoms with Crippen LogP contribution >= 0.6 is 0 Å². The van der Waals surface area contributed by atoms with Crippen LogP contribution in [0.25, 0.3) is 0 Å². The molecule has 0 spiro atoms. The lowest BCUT2D eigenvalue weighted by atomic mass is 10.1. The van der Waals surface area contributed by atoms with Gasteiger partial charge in [-0.3, -0.25) is 9.69 Å². The summed E-state index contributed by atoms with van der Waals surface area (Å²) in [7, 11) is 0. The van der Waals surface area contributed by atoms with Crippen LogP contribution < -0.4 is 11.1 Å². The van der Waals surface area contributed by atoms with E-state index in [1.807, 2.05) is 12.1 Å². The molecule has 0 atom stereocenters. The van der Waals surface area contributed by atoms with Gasteiger partial charge in [0, 0.05) is 44.8 Å². The van der Waals surface area contributed by atoms with E-state index in [-0.39, 0.29) is 5.91 Å². The molecule has 1 amide bonds. The van der Waals surface area contributed by atoms with E-state index in [1.54, 1.807) is 0 Å². The zero-order valence-corrected chi connectivity index (χ0v) is 13.6.